The highest BCUT2D eigenvalue weighted by molar-refractivity contribution is 7.00. The number of benzene rings is 4. The maximum Gasteiger partial charge on any atom is 0.169 e. The second-order valence-electron chi connectivity index (χ2n) is 8.43. The molecular formula is C30H23N4S+. The Morgan fingerprint density at radius 3 is 1.51 bits per heavy atom. The van der Waals surface area contributed by atoms with E-state index >= 15 is 0 Å². The summed E-state index contributed by atoms with van der Waals surface area (Å²) >= 11 is 1.26. The lowest BCUT2D eigenvalue weighted by Crippen LogP contribution is -2.25. The molecule has 0 amide bonds. The van der Waals surface area contributed by atoms with Gasteiger partial charge in [-0.05, 0) is 47.5 Å². The Morgan fingerprint density at radius 2 is 1.00 bits per heavy atom. The number of rotatable bonds is 5. The van der Waals surface area contributed by atoms with Gasteiger partial charge in [0.1, 0.15) is 18.1 Å². The first-order valence-electron chi connectivity index (χ1n) is 11.5. The average molecular weight is 472 g/mol. The number of para-hydroxylation sites is 2. The minimum absolute atomic E-state index is 0.941. The fourth-order valence-electron chi connectivity index (χ4n) is 4.40. The van der Waals surface area contributed by atoms with Gasteiger partial charge in [0, 0.05) is 40.3 Å². The molecule has 0 saturated carbocycles. The molecule has 0 aliphatic rings. The molecule has 4 nitrogen and oxygen atoms in total. The molecular weight excluding hydrogens is 448 g/mol. The summed E-state index contributed by atoms with van der Waals surface area (Å²) in [4.78, 5) is 2.27. The van der Waals surface area contributed by atoms with Gasteiger partial charge in [-0.3, -0.25) is 0 Å². The molecule has 168 valence electrons. The van der Waals surface area contributed by atoms with Crippen LogP contribution in [-0.2, 0) is 7.05 Å². The van der Waals surface area contributed by atoms with Crippen molar-refractivity contribution >= 4 is 39.8 Å². The van der Waals surface area contributed by atoms with Crippen LogP contribution in [0.25, 0.3) is 33.3 Å². The second-order valence-corrected chi connectivity index (χ2v) is 8.96. The lowest BCUT2D eigenvalue weighted by atomic mass is 9.98. The molecule has 5 heteroatoms. The first kappa shape index (κ1) is 21.2. The fraction of sp³-hybridized carbons (Fsp3) is 0.0333. The molecule has 35 heavy (non-hydrogen) atoms. The first-order valence-corrected chi connectivity index (χ1v) is 12.2. The largest absolute Gasteiger partial charge is 0.311 e. The molecule has 0 atom stereocenters. The summed E-state index contributed by atoms with van der Waals surface area (Å²) in [5, 5.41) is 0. The van der Waals surface area contributed by atoms with Gasteiger partial charge in [-0.1, -0.05) is 60.7 Å². The smallest absolute Gasteiger partial charge is 0.169 e. The Kier molecular flexibility index (Phi) is 5.53. The van der Waals surface area contributed by atoms with Gasteiger partial charge in [0.25, 0.3) is 0 Å². The van der Waals surface area contributed by atoms with Gasteiger partial charge in [0.2, 0.25) is 0 Å². The van der Waals surface area contributed by atoms with Gasteiger partial charge in [-0.15, -0.1) is 0 Å². The van der Waals surface area contributed by atoms with Gasteiger partial charge in [-0.2, -0.15) is 8.75 Å². The molecule has 0 aliphatic carbocycles. The van der Waals surface area contributed by atoms with E-state index in [-0.39, 0.29) is 0 Å². The third-order valence-corrected chi connectivity index (χ3v) is 6.70. The van der Waals surface area contributed by atoms with E-state index in [1.165, 1.54) is 11.7 Å². The van der Waals surface area contributed by atoms with Crippen LogP contribution in [0.4, 0.5) is 17.1 Å². The molecule has 0 saturated heterocycles. The Hall–Kier alpha value is -4.35. The van der Waals surface area contributed by atoms with Crippen LogP contribution in [0.3, 0.4) is 0 Å². The maximum absolute atomic E-state index is 4.67. The Balaban J connectivity index is 1.40. The van der Waals surface area contributed by atoms with E-state index in [1.807, 2.05) is 23.7 Å². The van der Waals surface area contributed by atoms with E-state index in [2.05, 4.69) is 123 Å². The number of pyridine rings is 1. The van der Waals surface area contributed by atoms with E-state index in [4.69, 9.17) is 0 Å². The molecule has 0 unspecified atom stereocenters. The van der Waals surface area contributed by atoms with Crippen molar-refractivity contribution in [2.75, 3.05) is 4.90 Å². The average Bonchev–Trinajstić information content (AvgIpc) is 3.41. The minimum atomic E-state index is 0.941. The second kappa shape index (κ2) is 9.12. The molecule has 0 N–H and O–H groups in total. The standard InChI is InChI=1S/C30H23N4S/c1-33-20-18-23(19-21-33)28-17-16-27(29-30(28)32-35-31-29)22-12-14-26(15-13-22)34(24-8-4-2-5-9-24)25-10-6-3-7-11-25/h2-21H,1H3/q+1. The van der Waals surface area contributed by atoms with Crippen LogP contribution in [0, 0.1) is 0 Å². The van der Waals surface area contributed by atoms with Crippen LogP contribution in [0.1, 0.15) is 0 Å². The number of hydrogen-bond donors (Lipinski definition) is 0. The van der Waals surface area contributed by atoms with Crippen molar-refractivity contribution in [2.45, 2.75) is 0 Å². The van der Waals surface area contributed by atoms with Gasteiger partial charge in [0.15, 0.2) is 12.4 Å². The Labute approximate surface area is 208 Å². The van der Waals surface area contributed by atoms with Gasteiger partial charge in [-0.25, -0.2) is 4.57 Å². The summed E-state index contributed by atoms with van der Waals surface area (Å²) < 4.78 is 11.3. The minimum Gasteiger partial charge on any atom is -0.311 e. The SMILES string of the molecule is C[n+]1ccc(-c2ccc(-c3ccc(N(c4ccccc4)c4ccccc4)cc3)c3nsnc23)cc1. The third kappa shape index (κ3) is 4.07. The van der Waals surface area contributed by atoms with Crippen LogP contribution in [0.2, 0.25) is 0 Å². The van der Waals surface area contributed by atoms with Gasteiger partial charge in [0.05, 0.1) is 11.7 Å². The number of hydrogen-bond acceptors (Lipinski definition) is 4. The summed E-state index contributed by atoms with van der Waals surface area (Å²) in [5.41, 5.74) is 9.70. The van der Waals surface area contributed by atoms with Crippen LogP contribution in [0.5, 0.6) is 0 Å². The zero-order chi connectivity index (χ0) is 23.6. The Bertz CT molecular complexity index is 1540. The molecule has 4 aromatic carbocycles. The van der Waals surface area contributed by atoms with Crippen LogP contribution in [-0.4, -0.2) is 8.75 Å². The van der Waals surface area contributed by atoms with Crippen molar-refractivity contribution in [1.82, 2.24) is 8.75 Å². The molecule has 6 rings (SSSR count). The van der Waals surface area contributed by atoms with Crippen LogP contribution < -0.4 is 9.47 Å². The summed E-state index contributed by atoms with van der Waals surface area (Å²) in [5.74, 6) is 0. The summed E-state index contributed by atoms with van der Waals surface area (Å²) in [6, 6.07) is 38.1. The van der Waals surface area contributed by atoms with Crippen molar-refractivity contribution in [3.05, 3.63) is 122 Å². The van der Waals surface area contributed by atoms with Crippen molar-refractivity contribution in [2.24, 2.45) is 7.05 Å². The number of aryl methyl sites for hydroxylation is 1. The number of fused-ring (bicyclic) bond motifs is 1. The zero-order valence-corrected chi connectivity index (χ0v) is 20.1. The lowest BCUT2D eigenvalue weighted by molar-refractivity contribution is -0.671. The van der Waals surface area contributed by atoms with Crippen LogP contribution >= 0.6 is 11.7 Å². The van der Waals surface area contributed by atoms with Crippen molar-refractivity contribution < 1.29 is 4.57 Å². The topological polar surface area (TPSA) is 32.9 Å². The predicted molar refractivity (Wildman–Crippen MR) is 144 cm³/mol. The summed E-state index contributed by atoms with van der Waals surface area (Å²) in [6.07, 6.45) is 4.11. The van der Waals surface area contributed by atoms with Crippen molar-refractivity contribution in [3.8, 4) is 22.3 Å². The zero-order valence-electron chi connectivity index (χ0n) is 19.2. The van der Waals surface area contributed by atoms with E-state index in [1.54, 1.807) is 0 Å². The van der Waals surface area contributed by atoms with E-state index in [0.717, 1.165) is 50.3 Å². The Morgan fingerprint density at radius 1 is 0.543 bits per heavy atom. The fourth-order valence-corrected chi connectivity index (χ4v) is 4.98. The highest BCUT2D eigenvalue weighted by atomic mass is 32.1. The van der Waals surface area contributed by atoms with Crippen molar-refractivity contribution in [3.63, 3.8) is 0 Å². The van der Waals surface area contributed by atoms with Crippen molar-refractivity contribution in [1.29, 1.82) is 0 Å². The van der Waals surface area contributed by atoms with Gasteiger partial charge < -0.3 is 4.90 Å². The predicted octanol–water partition coefficient (Wildman–Crippen LogP) is 7.32. The number of anilines is 3. The molecule has 0 bridgehead atoms. The van der Waals surface area contributed by atoms with Gasteiger partial charge >= 0.3 is 0 Å². The maximum atomic E-state index is 4.67. The molecule has 0 aliphatic heterocycles. The lowest BCUT2D eigenvalue weighted by Gasteiger charge is -2.25. The van der Waals surface area contributed by atoms with E-state index < -0.39 is 0 Å². The molecule has 0 radical (unpaired) electrons. The van der Waals surface area contributed by atoms with E-state index in [9.17, 15) is 0 Å². The monoisotopic (exact) mass is 471 g/mol. The van der Waals surface area contributed by atoms with E-state index in [0.29, 0.717) is 0 Å². The number of aromatic nitrogens is 3. The molecule has 2 aromatic heterocycles. The normalized spacial score (nSPS) is 11.0. The highest BCUT2D eigenvalue weighted by Crippen LogP contribution is 2.37. The third-order valence-electron chi connectivity index (χ3n) is 6.17. The summed E-state index contributed by atoms with van der Waals surface area (Å²) in [6.45, 7) is 0. The quantitative estimate of drug-likeness (QED) is 0.247. The van der Waals surface area contributed by atoms with Crippen LogP contribution in [0.15, 0.2) is 122 Å². The molecule has 6 aromatic rings. The summed E-state index contributed by atoms with van der Waals surface area (Å²) in [7, 11) is 2.02. The molecule has 2 heterocycles. The highest BCUT2D eigenvalue weighted by Gasteiger charge is 2.16. The molecule has 0 fully saturated rings. The molecule has 0 spiro atoms. The number of nitrogens with zero attached hydrogens (tertiary/aromatic N) is 4. The first-order chi connectivity index (χ1) is 17.3.